The first-order chi connectivity index (χ1) is 12.7. The van der Waals surface area contributed by atoms with Crippen LogP contribution in [-0.4, -0.2) is 29.2 Å². The Kier molecular flexibility index (Phi) is 5.56. The van der Waals surface area contributed by atoms with Crippen LogP contribution < -0.4 is 5.32 Å². The van der Waals surface area contributed by atoms with E-state index in [1.54, 1.807) is 18.2 Å². The summed E-state index contributed by atoms with van der Waals surface area (Å²) in [5, 5.41) is 12.3. The Morgan fingerprint density at radius 2 is 1.92 bits per heavy atom. The van der Waals surface area contributed by atoms with Crippen LogP contribution in [0, 0.1) is 11.3 Å². The molecule has 3 aromatic rings. The minimum absolute atomic E-state index is 0.280. The maximum Gasteiger partial charge on any atom is 0.355 e. The summed E-state index contributed by atoms with van der Waals surface area (Å²) < 4.78 is 5.07. The van der Waals surface area contributed by atoms with Gasteiger partial charge in [0, 0.05) is 15.8 Å². The quantitative estimate of drug-likeness (QED) is 0.514. The Labute approximate surface area is 154 Å². The molecule has 0 aliphatic carbocycles. The highest BCUT2D eigenvalue weighted by Gasteiger charge is 2.14. The third-order valence-corrected chi connectivity index (χ3v) is 4.48. The number of rotatable bonds is 6. The van der Waals surface area contributed by atoms with E-state index in [2.05, 4.69) is 10.3 Å². The number of nitrogens with zero attached hydrogens (tertiary/aromatic N) is 1. The van der Waals surface area contributed by atoms with Crippen LogP contribution >= 0.6 is 11.8 Å². The lowest BCUT2D eigenvalue weighted by molar-refractivity contribution is -0.119. The zero-order valence-corrected chi connectivity index (χ0v) is 14.5. The Hall–Kier alpha value is -3.24. The number of benzene rings is 2. The molecule has 2 aromatic carbocycles. The van der Waals surface area contributed by atoms with Crippen LogP contribution in [0.15, 0.2) is 59.5 Å². The van der Waals surface area contributed by atoms with Crippen molar-refractivity contribution in [2.75, 3.05) is 17.7 Å². The zero-order valence-electron chi connectivity index (χ0n) is 13.7. The number of H-pyrrole nitrogens is 1. The number of hydrogen-bond donors (Lipinski definition) is 2. The fourth-order valence-electron chi connectivity index (χ4n) is 2.38. The number of thioether (sulfide) groups is 1. The predicted octanol–water partition coefficient (Wildman–Crippen LogP) is 3.58. The van der Waals surface area contributed by atoms with Gasteiger partial charge < -0.3 is 15.0 Å². The lowest BCUT2D eigenvalue weighted by atomic mass is 10.2. The third-order valence-electron chi connectivity index (χ3n) is 3.54. The van der Waals surface area contributed by atoms with Crippen LogP contribution in [0.5, 0.6) is 0 Å². The van der Waals surface area contributed by atoms with E-state index in [1.165, 1.54) is 11.8 Å². The van der Waals surface area contributed by atoms with Gasteiger partial charge in [-0.1, -0.05) is 30.3 Å². The number of carbonyl (C=O) groups is 2. The summed E-state index contributed by atoms with van der Waals surface area (Å²) in [6.45, 7) is -0.397. The molecule has 1 aromatic heterocycles. The van der Waals surface area contributed by atoms with E-state index in [9.17, 15) is 9.59 Å². The van der Waals surface area contributed by atoms with Crippen molar-refractivity contribution in [1.82, 2.24) is 4.98 Å². The summed E-state index contributed by atoms with van der Waals surface area (Å²) in [6.07, 6.45) is 0. The summed E-state index contributed by atoms with van der Waals surface area (Å²) in [4.78, 5) is 27.9. The molecule has 6 nitrogen and oxygen atoms in total. The lowest BCUT2D eigenvalue weighted by Gasteiger charge is -2.09. The molecular weight excluding hydrogens is 350 g/mol. The van der Waals surface area contributed by atoms with E-state index < -0.39 is 18.5 Å². The van der Waals surface area contributed by atoms with Gasteiger partial charge in [-0.25, -0.2) is 4.79 Å². The van der Waals surface area contributed by atoms with Crippen molar-refractivity contribution >= 4 is 40.2 Å². The molecule has 0 saturated carbocycles. The van der Waals surface area contributed by atoms with E-state index in [0.29, 0.717) is 11.4 Å². The van der Waals surface area contributed by atoms with Gasteiger partial charge in [-0.3, -0.25) is 4.79 Å². The number of para-hydroxylation sites is 2. The first-order valence-corrected chi connectivity index (χ1v) is 8.79. The maximum atomic E-state index is 12.1. The van der Waals surface area contributed by atoms with Crippen molar-refractivity contribution in [3.8, 4) is 6.07 Å². The van der Waals surface area contributed by atoms with Crippen LogP contribution in [0.2, 0.25) is 0 Å². The first-order valence-electron chi connectivity index (χ1n) is 7.81. The van der Waals surface area contributed by atoms with Crippen LogP contribution in [0.25, 0.3) is 10.9 Å². The molecule has 2 N–H and O–H groups in total. The van der Waals surface area contributed by atoms with Crippen molar-refractivity contribution in [2.45, 2.75) is 4.90 Å². The number of ether oxygens (including phenoxy) is 1. The van der Waals surface area contributed by atoms with Gasteiger partial charge in [0.2, 0.25) is 0 Å². The second kappa shape index (κ2) is 8.23. The molecule has 26 heavy (non-hydrogen) atoms. The summed E-state index contributed by atoms with van der Waals surface area (Å²) in [6, 6.07) is 18.4. The minimum atomic E-state index is -0.594. The molecular formula is C19H15N3O3S. The molecule has 0 aliphatic rings. The minimum Gasteiger partial charge on any atom is -0.451 e. The normalized spacial score (nSPS) is 10.3. The second-order valence-electron chi connectivity index (χ2n) is 5.34. The Bertz CT molecular complexity index is 958. The predicted molar refractivity (Wildman–Crippen MR) is 100.0 cm³/mol. The average Bonchev–Trinajstić information content (AvgIpc) is 3.10. The van der Waals surface area contributed by atoms with Crippen LogP contribution in [0.3, 0.4) is 0 Å². The molecule has 1 heterocycles. The molecule has 1 amide bonds. The number of aromatic amines is 1. The van der Waals surface area contributed by atoms with Crippen LogP contribution in [0.4, 0.5) is 5.69 Å². The smallest absolute Gasteiger partial charge is 0.355 e. The monoisotopic (exact) mass is 365 g/mol. The van der Waals surface area contributed by atoms with Crippen molar-refractivity contribution in [1.29, 1.82) is 5.26 Å². The van der Waals surface area contributed by atoms with Gasteiger partial charge in [0.15, 0.2) is 6.61 Å². The fourth-order valence-corrected chi connectivity index (χ4v) is 3.05. The number of aromatic nitrogens is 1. The van der Waals surface area contributed by atoms with E-state index in [0.717, 1.165) is 15.8 Å². The van der Waals surface area contributed by atoms with Crippen molar-refractivity contribution in [2.24, 2.45) is 0 Å². The SMILES string of the molecule is N#CCSc1ccccc1NC(=O)COC(=O)c1cc2ccccc2[nH]1. The highest BCUT2D eigenvalue weighted by molar-refractivity contribution is 7.99. The zero-order chi connectivity index (χ0) is 18.4. The second-order valence-corrected chi connectivity index (χ2v) is 6.35. The topological polar surface area (TPSA) is 95.0 Å². The molecule has 0 saturated heterocycles. The van der Waals surface area contributed by atoms with E-state index in [4.69, 9.17) is 10.00 Å². The molecule has 0 aliphatic heterocycles. The Morgan fingerprint density at radius 1 is 1.15 bits per heavy atom. The van der Waals surface area contributed by atoms with Gasteiger partial charge in [0.25, 0.3) is 5.91 Å². The van der Waals surface area contributed by atoms with Crippen LogP contribution in [0.1, 0.15) is 10.5 Å². The van der Waals surface area contributed by atoms with E-state index in [1.807, 2.05) is 42.5 Å². The number of fused-ring (bicyclic) bond motifs is 1. The van der Waals surface area contributed by atoms with Gasteiger partial charge in [0.05, 0.1) is 17.5 Å². The molecule has 0 atom stereocenters. The Morgan fingerprint density at radius 3 is 2.73 bits per heavy atom. The maximum absolute atomic E-state index is 12.1. The Balaban J connectivity index is 1.59. The number of carbonyl (C=O) groups excluding carboxylic acids is 2. The summed E-state index contributed by atoms with van der Waals surface area (Å²) >= 11 is 1.32. The standard InChI is InChI=1S/C19H15N3O3S/c20-9-10-26-17-8-4-3-7-15(17)22-18(23)12-25-19(24)16-11-13-5-1-2-6-14(13)21-16/h1-8,11,21H,10,12H2,(H,22,23). The molecule has 0 fully saturated rings. The highest BCUT2D eigenvalue weighted by atomic mass is 32.2. The van der Waals surface area contributed by atoms with Crippen molar-refractivity contribution in [3.05, 3.63) is 60.3 Å². The summed E-state index contributed by atoms with van der Waals surface area (Å²) in [5.74, 6) is -0.759. The number of nitrogens with one attached hydrogen (secondary N) is 2. The summed E-state index contributed by atoms with van der Waals surface area (Å²) in [5.41, 5.74) is 1.70. The van der Waals surface area contributed by atoms with Gasteiger partial charge in [-0.2, -0.15) is 5.26 Å². The molecule has 0 spiro atoms. The average molecular weight is 365 g/mol. The lowest BCUT2D eigenvalue weighted by Crippen LogP contribution is -2.21. The van der Waals surface area contributed by atoms with Gasteiger partial charge in [-0.05, 0) is 24.3 Å². The molecule has 0 bridgehead atoms. The number of anilines is 1. The molecule has 0 radical (unpaired) electrons. The van der Waals surface area contributed by atoms with Gasteiger partial charge >= 0.3 is 5.97 Å². The largest absolute Gasteiger partial charge is 0.451 e. The number of nitriles is 1. The first kappa shape index (κ1) is 17.6. The molecule has 0 unspecified atom stereocenters. The number of hydrogen-bond acceptors (Lipinski definition) is 5. The van der Waals surface area contributed by atoms with Crippen LogP contribution in [-0.2, 0) is 9.53 Å². The van der Waals surface area contributed by atoms with Crippen molar-refractivity contribution in [3.63, 3.8) is 0 Å². The van der Waals surface area contributed by atoms with E-state index >= 15 is 0 Å². The summed E-state index contributed by atoms with van der Waals surface area (Å²) in [7, 11) is 0. The highest BCUT2D eigenvalue weighted by Crippen LogP contribution is 2.26. The van der Waals surface area contributed by atoms with Gasteiger partial charge in [0.1, 0.15) is 5.69 Å². The molecule has 7 heteroatoms. The molecule has 3 rings (SSSR count). The van der Waals surface area contributed by atoms with Gasteiger partial charge in [-0.15, -0.1) is 11.8 Å². The third kappa shape index (κ3) is 4.23. The fraction of sp³-hybridized carbons (Fsp3) is 0.105. The molecule has 130 valence electrons. The number of amides is 1. The van der Waals surface area contributed by atoms with Crippen molar-refractivity contribution < 1.29 is 14.3 Å². The van der Waals surface area contributed by atoms with E-state index in [-0.39, 0.29) is 5.75 Å². The number of esters is 1.